The number of carbonyl (C=O) groups is 1. The predicted octanol–water partition coefficient (Wildman–Crippen LogP) is 2.01. The molecule has 0 radical (unpaired) electrons. The maximum atomic E-state index is 12.7. The molecule has 8 nitrogen and oxygen atoms in total. The lowest BCUT2D eigenvalue weighted by Crippen LogP contribution is -2.59. The van der Waals surface area contributed by atoms with Crippen molar-refractivity contribution in [3.8, 4) is 0 Å². The first-order valence-electron chi connectivity index (χ1n) is 10.9. The molecule has 1 aromatic heterocycles. The van der Waals surface area contributed by atoms with E-state index in [2.05, 4.69) is 15.3 Å². The van der Waals surface area contributed by atoms with Gasteiger partial charge >= 0.3 is 0 Å². The highest BCUT2D eigenvalue weighted by molar-refractivity contribution is 7.92. The first-order valence-corrected chi connectivity index (χ1v) is 12.4. The molecule has 32 heavy (non-hydrogen) atoms. The number of carbonyl (C=O) groups excluding carboxylic acids is 1. The van der Waals surface area contributed by atoms with Crippen LogP contribution < -0.4 is 10.3 Å². The number of pyridine rings is 1. The van der Waals surface area contributed by atoms with Crippen molar-refractivity contribution in [2.45, 2.75) is 25.8 Å². The number of hydrazine groups is 1. The fraction of sp³-hybridized carbons (Fsp3) is 0.391. The van der Waals surface area contributed by atoms with Crippen molar-refractivity contribution < 1.29 is 13.2 Å². The maximum absolute atomic E-state index is 12.7. The van der Waals surface area contributed by atoms with E-state index in [0.29, 0.717) is 6.54 Å². The summed E-state index contributed by atoms with van der Waals surface area (Å²) >= 11 is 0. The minimum absolute atomic E-state index is 0.149. The van der Waals surface area contributed by atoms with Crippen LogP contribution in [0.1, 0.15) is 24.0 Å². The van der Waals surface area contributed by atoms with Gasteiger partial charge in [-0.05, 0) is 43.5 Å². The van der Waals surface area contributed by atoms with Gasteiger partial charge in [-0.3, -0.25) is 14.8 Å². The lowest BCUT2D eigenvalue weighted by atomic mass is 10.1. The first-order chi connectivity index (χ1) is 15.4. The monoisotopic (exact) mass is 455 g/mol. The van der Waals surface area contributed by atoms with E-state index in [1.165, 1.54) is 9.71 Å². The smallest absolute Gasteiger partial charge is 0.252 e. The molecule has 0 spiro atoms. The number of rotatable bonds is 6. The third-order valence-electron chi connectivity index (χ3n) is 5.92. The fourth-order valence-electron chi connectivity index (χ4n) is 3.98. The van der Waals surface area contributed by atoms with Crippen LogP contribution in [0.3, 0.4) is 0 Å². The Hall–Kier alpha value is -2.75. The number of hydrogen-bond donors (Lipinski definition) is 1. The van der Waals surface area contributed by atoms with E-state index >= 15 is 0 Å². The Kier molecular flexibility index (Phi) is 6.88. The molecule has 1 aromatic carbocycles. The third kappa shape index (κ3) is 5.53. The predicted molar refractivity (Wildman–Crippen MR) is 125 cm³/mol. The number of piperazine rings is 1. The minimum Gasteiger partial charge on any atom is -0.371 e. The average molecular weight is 456 g/mol. The highest BCUT2D eigenvalue weighted by Crippen LogP contribution is 2.20. The van der Waals surface area contributed by atoms with Crippen molar-refractivity contribution in [3.63, 3.8) is 0 Å². The molecule has 9 heteroatoms. The number of anilines is 1. The Morgan fingerprint density at radius 3 is 2.34 bits per heavy atom. The van der Waals surface area contributed by atoms with Crippen LogP contribution in [0, 0.1) is 6.92 Å². The van der Waals surface area contributed by atoms with E-state index in [9.17, 15) is 13.2 Å². The summed E-state index contributed by atoms with van der Waals surface area (Å²) in [7, 11) is -3.65. The van der Waals surface area contributed by atoms with Gasteiger partial charge in [0.15, 0.2) is 0 Å². The van der Waals surface area contributed by atoms with E-state index < -0.39 is 10.0 Å². The molecule has 0 atom stereocenters. The SMILES string of the molecule is Cc1ccc(C=CS(=O)(=O)N2CCN(NC3CCN(c4ccncc4)CC3)C(=O)C2)cc1. The Morgan fingerprint density at radius 1 is 1.00 bits per heavy atom. The standard InChI is InChI=1S/C23H29N5O3S/c1-19-2-4-20(5-3-19)10-17-32(30,31)27-15-16-28(23(29)18-27)25-21-8-13-26(14-9-21)22-6-11-24-12-7-22/h2-7,10-12,17,21,25H,8-9,13-16,18H2,1H3. The largest absolute Gasteiger partial charge is 0.371 e. The van der Waals surface area contributed by atoms with E-state index in [-0.39, 0.29) is 25.0 Å². The molecule has 2 saturated heterocycles. The number of nitrogens with one attached hydrogen (secondary N) is 1. The Labute approximate surface area is 189 Å². The summed E-state index contributed by atoms with van der Waals surface area (Å²) in [6.07, 6.45) is 6.98. The highest BCUT2D eigenvalue weighted by Gasteiger charge is 2.32. The Bertz CT molecular complexity index is 1050. The third-order valence-corrected chi connectivity index (χ3v) is 7.43. The van der Waals surface area contributed by atoms with Crippen molar-refractivity contribution in [1.82, 2.24) is 19.7 Å². The van der Waals surface area contributed by atoms with Gasteiger partial charge in [0.05, 0.1) is 13.1 Å². The molecule has 0 aliphatic carbocycles. The summed E-state index contributed by atoms with van der Waals surface area (Å²) in [6, 6.07) is 11.8. The van der Waals surface area contributed by atoms with Gasteiger partial charge in [-0.15, -0.1) is 0 Å². The van der Waals surface area contributed by atoms with Gasteiger partial charge in [-0.1, -0.05) is 29.8 Å². The molecule has 2 fully saturated rings. The minimum atomic E-state index is -3.65. The summed E-state index contributed by atoms with van der Waals surface area (Å²) < 4.78 is 26.6. The number of benzene rings is 1. The molecule has 2 aliphatic rings. The second kappa shape index (κ2) is 9.81. The van der Waals surface area contributed by atoms with Gasteiger partial charge < -0.3 is 4.90 Å². The van der Waals surface area contributed by atoms with Gasteiger partial charge in [0, 0.05) is 49.2 Å². The molecule has 170 valence electrons. The van der Waals surface area contributed by atoms with Gasteiger partial charge in [-0.25, -0.2) is 13.8 Å². The van der Waals surface area contributed by atoms with Crippen LogP contribution in [0.5, 0.6) is 0 Å². The molecular weight excluding hydrogens is 426 g/mol. The van der Waals surface area contributed by atoms with Crippen LogP contribution >= 0.6 is 0 Å². The zero-order valence-electron chi connectivity index (χ0n) is 18.2. The maximum Gasteiger partial charge on any atom is 0.252 e. The number of piperidine rings is 1. The van der Waals surface area contributed by atoms with Gasteiger partial charge in [0.25, 0.3) is 5.91 Å². The lowest BCUT2D eigenvalue weighted by Gasteiger charge is -2.39. The quantitative estimate of drug-likeness (QED) is 0.717. The van der Waals surface area contributed by atoms with Gasteiger partial charge in [0.1, 0.15) is 0 Å². The second-order valence-corrected chi connectivity index (χ2v) is 10.1. The average Bonchev–Trinajstić information content (AvgIpc) is 2.81. The zero-order chi connectivity index (χ0) is 22.6. The Balaban J connectivity index is 1.28. The van der Waals surface area contributed by atoms with Crippen molar-refractivity contribution in [2.75, 3.05) is 37.6 Å². The van der Waals surface area contributed by atoms with E-state index in [0.717, 1.165) is 42.7 Å². The summed E-state index contributed by atoms with van der Waals surface area (Å²) in [5.74, 6) is -0.222. The number of sulfonamides is 1. The van der Waals surface area contributed by atoms with Crippen molar-refractivity contribution in [3.05, 3.63) is 65.3 Å². The Morgan fingerprint density at radius 2 is 1.69 bits per heavy atom. The van der Waals surface area contributed by atoms with Crippen LogP contribution in [0.4, 0.5) is 5.69 Å². The normalized spacial score (nSPS) is 19.1. The van der Waals surface area contributed by atoms with E-state index in [1.807, 2.05) is 43.3 Å². The van der Waals surface area contributed by atoms with Crippen LogP contribution in [0.15, 0.2) is 54.2 Å². The highest BCUT2D eigenvalue weighted by atomic mass is 32.2. The van der Waals surface area contributed by atoms with Crippen LogP contribution in [-0.2, 0) is 14.8 Å². The molecule has 2 aliphatic heterocycles. The number of aromatic nitrogens is 1. The zero-order valence-corrected chi connectivity index (χ0v) is 19.0. The molecule has 0 saturated carbocycles. The molecule has 2 aromatic rings. The van der Waals surface area contributed by atoms with Crippen molar-refractivity contribution >= 4 is 27.7 Å². The molecule has 1 amide bonds. The number of hydrogen-bond acceptors (Lipinski definition) is 6. The molecule has 3 heterocycles. The van der Waals surface area contributed by atoms with Crippen LogP contribution in [0.2, 0.25) is 0 Å². The number of amides is 1. The molecule has 0 bridgehead atoms. The molecule has 0 unspecified atom stereocenters. The number of aryl methyl sites for hydroxylation is 1. The van der Waals surface area contributed by atoms with Gasteiger partial charge in [0.2, 0.25) is 10.0 Å². The van der Waals surface area contributed by atoms with E-state index in [1.54, 1.807) is 23.5 Å². The van der Waals surface area contributed by atoms with E-state index in [4.69, 9.17) is 0 Å². The fourth-order valence-corrected chi connectivity index (χ4v) is 5.10. The summed E-state index contributed by atoms with van der Waals surface area (Å²) in [5.41, 5.74) is 6.40. The van der Waals surface area contributed by atoms with Crippen LogP contribution in [0.25, 0.3) is 6.08 Å². The topological polar surface area (TPSA) is 85.8 Å². The number of nitrogens with zero attached hydrogens (tertiary/aromatic N) is 4. The molecule has 1 N–H and O–H groups in total. The summed E-state index contributed by atoms with van der Waals surface area (Å²) in [5, 5.41) is 2.77. The van der Waals surface area contributed by atoms with Crippen LogP contribution in [-0.4, -0.2) is 67.4 Å². The summed E-state index contributed by atoms with van der Waals surface area (Å²) in [4.78, 5) is 19.0. The second-order valence-electron chi connectivity index (χ2n) is 8.23. The lowest BCUT2D eigenvalue weighted by molar-refractivity contribution is -0.138. The summed E-state index contributed by atoms with van der Waals surface area (Å²) in [6.45, 7) is 4.23. The molecule has 4 rings (SSSR count). The molecular formula is C23H29N5O3S. The first kappa shape index (κ1) is 22.4. The van der Waals surface area contributed by atoms with Crippen molar-refractivity contribution in [2.24, 2.45) is 0 Å². The van der Waals surface area contributed by atoms with Gasteiger partial charge in [-0.2, -0.15) is 4.31 Å². The van der Waals surface area contributed by atoms with Crippen molar-refractivity contribution in [1.29, 1.82) is 0 Å².